The normalized spacial score (nSPS) is 30.4. The van der Waals surface area contributed by atoms with Crippen LogP contribution < -0.4 is 15.8 Å². The van der Waals surface area contributed by atoms with Crippen LogP contribution in [0.1, 0.15) is 45.1 Å². The topological polar surface area (TPSA) is 64.3 Å². The molecule has 120 valence electrons. The fraction of sp³-hybridized carbons (Fsp3) is 0.611. The first-order chi connectivity index (χ1) is 10.3. The van der Waals surface area contributed by atoms with Crippen LogP contribution in [0.25, 0.3) is 0 Å². The maximum atomic E-state index is 12.6. The van der Waals surface area contributed by atoms with Gasteiger partial charge in [0.25, 0.3) is 0 Å². The lowest BCUT2D eigenvalue weighted by Gasteiger charge is -2.57. The molecule has 0 heterocycles. The van der Waals surface area contributed by atoms with Gasteiger partial charge in [0, 0.05) is 12.1 Å². The zero-order chi connectivity index (χ0) is 16.0. The molecule has 0 atom stereocenters. The molecular formula is C18H26N2O2. The van der Waals surface area contributed by atoms with Crippen LogP contribution >= 0.6 is 0 Å². The molecule has 4 heteroatoms. The quantitative estimate of drug-likeness (QED) is 0.897. The Morgan fingerprint density at radius 3 is 2.32 bits per heavy atom. The average molecular weight is 302 g/mol. The molecule has 4 nitrogen and oxygen atoms in total. The molecule has 1 aromatic carbocycles. The molecule has 0 aliphatic heterocycles. The van der Waals surface area contributed by atoms with Crippen LogP contribution in [0.2, 0.25) is 0 Å². The zero-order valence-electron chi connectivity index (χ0n) is 13.7. The van der Waals surface area contributed by atoms with Crippen molar-refractivity contribution in [2.24, 2.45) is 11.1 Å². The Bertz CT molecular complexity index is 551. The van der Waals surface area contributed by atoms with Crippen LogP contribution in [0.3, 0.4) is 0 Å². The molecular weight excluding hydrogens is 276 g/mol. The molecule has 0 radical (unpaired) electrons. The number of hydrogen-bond donors (Lipinski definition) is 2. The first-order valence-electron chi connectivity index (χ1n) is 8.06. The minimum Gasteiger partial charge on any atom is -0.497 e. The number of carbonyl (C=O) groups is 1. The lowest BCUT2D eigenvalue weighted by molar-refractivity contribution is -0.129. The number of hydrogen-bond acceptors (Lipinski definition) is 3. The van der Waals surface area contributed by atoms with Crippen LogP contribution in [0, 0.1) is 5.41 Å². The van der Waals surface area contributed by atoms with Crippen molar-refractivity contribution in [3.8, 4) is 5.75 Å². The Morgan fingerprint density at radius 1 is 1.23 bits per heavy atom. The summed E-state index contributed by atoms with van der Waals surface area (Å²) in [5.41, 5.74) is 6.80. The molecule has 2 aliphatic carbocycles. The van der Waals surface area contributed by atoms with E-state index in [2.05, 4.69) is 5.32 Å². The Hall–Kier alpha value is -1.55. The standard InChI is InChI=1S/C18H26N2O2/c1-17(2,12-4-6-15(22-3)7-5-12)16(21)20-14-10-18(11-14)8-13(19)9-18/h4-7,13-14H,8-11,19H2,1-3H3,(H,20,21). The van der Waals surface area contributed by atoms with E-state index in [1.165, 1.54) is 0 Å². The average Bonchev–Trinajstić information content (AvgIpc) is 2.43. The van der Waals surface area contributed by atoms with Gasteiger partial charge in [0.05, 0.1) is 12.5 Å². The fourth-order valence-electron chi connectivity index (χ4n) is 3.98. The van der Waals surface area contributed by atoms with Crippen LogP contribution in [0.4, 0.5) is 0 Å². The maximum Gasteiger partial charge on any atom is 0.230 e. The van der Waals surface area contributed by atoms with E-state index in [0.717, 1.165) is 37.0 Å². The second-order valence-electron chi connectivity index (χ2n) is 7.60. The van der Waals surface area contributed by atoms with E-state index < -0.39 is 5.41 Å². The molecule has 0 aromatic heterocycles. The summed E-state index contributed by atoms with van der Waals surface area (Å²) in [7, 11) is 1.64. The van der Waals surface area contributed by atoms with Gasteiger partial charge in [-0.25, -0.2) is 0 Å². The number of benzene rings is 1. The van der Waals surface area contributed by atoms with Crippen molar-refractivity contribution in [1.29, 1.82) is 0 Å². The van der Waals surface area contributed by atoms with Crippen LogP contribution in [-0.4, -0.2) is 25.1 Å². The van der Waals surface area contributed by atoms with Crippen LogP contribution in [0.15, 0.2) is 24.3 Å². The predicted octanol–water partition coefficient (Wildman–Crippen LogP) is 2.36. The highest BCUT2D eigenvalue weighted by Gasteiger charge is 2.52. The van der Waals surface area contributed by atoms with Gasteiger partial charge < -0.3 is 15.8 Å². The third-order valence-corrected chi connectivity index (χ3v) is 5.46. The SMILES string of the molecule is COc1ccc(C(C)(C)C(=O)NC2CC3(CC(N)C3)C2)cc1. The van der Waals surface area contributed by atoms with E-state index in [1.807, 2.05) is 38.1 Å². The van der Waals surface area contributed by atoms with Crippen molar-refractivity contribution in [2.75, 3.05) is 7.11 Å². The van der Waals surface area contributed by atoms with E-state index in [9.17, 15) is 4.79 Å². The van der Waals surface area contributed by atoms with Gasteiger partial charge in [-0.2, -0.15) is 0 Å². The summed E-state index contributed by atoms with van der Waals surface area (Å²) in [6.45, 7) is 3.94. The molecule has 0 bridgehead atoms. The second-order valence-corrected chi connectivity index (χ2v) is 7.60. The van der Waals surface area contributed by atoms with Crippen molar-refractivity contribution < 1.29 is 9.53 Å². The highest BCUT2D eigenvalue weighted by Crippen LogP contribution is 2.55. The highest BCUT2D eigenvalue weighted by atomic mass is 16.5. The third-order valence-electron chi connectivity index (χ3n) is 5.46. The van der Waals surface area contributed by atoms with Gasteiger partial charge in [0.2, 0.25) is 5.91 Å². The van der Waals surface area contributed by atoms with Crippen molar-refractivity contribution in [3.05, 3.63) is 29.8 Å². The summed E-state index contributed by atoms with van der Waals surface area (Å²) in [4.78, 5) is 12.6. The molecule has 2 fully saturated rings. The first-order valence-corrected chi connectivity index (χ1v) is 8.06. The maximum absolute atomic E-state index is 12.6. The molecule has 2 saturated carbocycles. The molecule has 0 unspecified atom stereocenters. The molecule has 2 aliphatic rings. The number of methoxy groups -OCH3 is 1. The van der Waals surface area contributed by atoms with Gasteiger partial charge in [-0.05, 0) is 62.6 Å². The van der Waals surface area contributed by atoms with Gasteiger partial charge in [-0.15, -0.1) is 0 Å². The number of nitrogens with two attached hydrogens (primary N) is 1. The molecule has 3 rings (SSSR count). The van der Waals surface area contributed by atoms with E-state index in [4.69, 9.17) is 10.5 Å². The Morgan fingerprint density at radius 2 is 1.82 bits per heavy atom. The van der Waals surface area contributed by atoms with Crippen LogP contribution in [0.5, 0.6) is 5.75 Å². The summed E-state index contributed by atoms with van der Waals surface area (Å²) in [5.74, 6) is 0.906. The third kappa shape index (κ3) is 2.60. The highest BCUT2D eigenvalue weighted by molar-refractivity contribution is 5.87. The molecule has 1 amide bonds. The summed E-state index contributed by atoms with van der Waals surface area (Å²) in [6.07, 6.45) is 4.43. The molecule has 3 N–H and O–H groups in total. The molecule has 22 heavy (non-hydrogen) atoms. The van der Waals surface area contributed by atoms with E-state index >= 15 is 0 Å². The fourth-order valence-corrected chi connectivity index (χ4v) is 3.98. The van der Waals surface area contributed by atoms with Crippen molar-refractivity contribution in [3.63, 3.8) is 0 Å². The lowest BCUT2D eigenvalue weighted by Crippen LogP contribution is -2.60. The number of ether oxygens (including phenoxy) is 1. The minimum absolute atomic E-state index is 0.0983. The number of nitrogens with one attached hydrogen (secondary N) is 1. The van der Waals surface area contributed by atoms with Gasteiger partial charge in [-0.1, -0.05) is 12.1 Å². The Balaban J connectivity index is 1.58. The smallest absolute Gasteiger partial charge is 0.230 e. The van der Waals surface area contributed by atoms with Crippen molar-refractivity contribution in [1.82, 2.24) is 5.32 Å². The summed E-state index contributed by atoms with van der Waals surface area (Å²) in [6, 6.07) is 8.43. The zero-order valence-corrected chi connectivity index (χ0v) is 13.7. The van der Waals surface area contributed by atoms with E-state index in [1.54, 1.807) is 7.11 Å². The Labute approximate surface area is 132 Å². The molecule has 0 saturated heterocycles. The molecule has 1 aromatic rings. The van der Waals surface area contributed by atoms with Crippen molar-refractivity contribution in [2.45, 2.75) is 57.0 Å². The number of carbonyl (C=O) groups excluding carboxylic acids is 1. The number of amides is 1. The van der Waals surface area contributed by atoms with Crippen molar-refractivity contribution >= 4 is 5.91 Å². The first kappa shape index (κ1) is 15.3. The minimum atomic E-state index is -0.537. The summed E-state index contributed by atoms with van der Waals surface area (Å²) >= 11 is 0. The summed E-state index contributed by atoms with van der Waals surface area (Å²) < 4.78 is 5.17. The van der Waals surface area contributed by atoms with Crippen LogP contribution in [-0.2, 0) is 10.2 Å². The lowest BCUT2D eigenvalue weighted by atomic mass is 9.52. The predicted molar refractivity (Wildman–Crippen MR) is 86.8 cm³/mol. The summed E-state index contributed by atoms with van der Waals surface area (Å²) in [5, 5.41) is 3.21. The van der Waals surface area contributed by atoms with Gasteiger partial charge in [-0.3, -0.25) is 4.79 Å². The van der Waals surface area contributed by atoms with E-state index in [0.29, 0.717) is 17.5 Å². The van der Waals surface area contributed by atoms with E-state index in [-0.39, 0.29) is 5.91 Å². The Kier molecular flexibility index (Phi) is 3.68. The molecule has 1 spiro atoms. The monoisotopic (exact) mass is 302 g/mol. The number of rotatable bonds is 4. The largest absolute Gasteiger partial charge is 0.497 e. The second kappa shape index (κ2) is 5.27. The van der Waals surface area contributed by atoms with Gasteiger partial charge in [0.1, 0.15) is 5.75 Å². The van der Waals surface area contributed by atoms with Gasteiger partial charge in [0.15, 0.2) is 0 Å². The van der Waals surface area contributed by atoms with Gasteiger partial charge >= 0.3 is 0 Å².